The zero-order chi connectivity index (χ0) is 21.7. The van der Waals surface area contributed by atoms with Crippen molar-refractivity contribution < 1.29 is 14.3 Å². The van der Waals surface area contributed by atoms with Gasteiger partial charge in [-0.25, -0.2) is 0 Å². The van der Waals surface area contributed by atoms with Crippen LogP contribution in [-0.4, -0.2) is 46.7 Å². The van der Waals surface area contributed by atoms with Crippen molar-refractivity contribution in [2.75, 3.05) is 19.7 Å². The number of ether oxygens (including phenoxy) is 1. The van der Waals surface area contributed by atoms with Crippen LogP contribution in [0.1, 0.15) is 48.7 Å². The SMILES string of the molecule is CCOC(=O)C1(CCCc2ccccc2)CCN(C(=O)c2n[nH]c3ccccc23)CC1. The number of hydrogen-bond acceptors (Lipinski definition) is 4. The molecule has 0 saturated carbocycles. The van der Waals surface area contributed by atoms with Crippen LogP contribution in [0.4, 0.5) is 0 Å². The molecule has 1 aliphatic rings. The van der Waals surface area contributed by atoms with E-state index in [1.807, 2.05) is 54.3 Å². The molecule has 0 unspecified atom stereocenters. The molecule has 0 aliphatic carbocycles. The summed E-state index contributed by atoms with van der Waals surface area (Å²) in [5, 5.41) is 8.01. The third-order valence-corrected chi connectivity index (χ3v) is 6.35. The fourth-order valence-electron chi connectivity index (χ4n) is 4.53. The number of likely N-dealkylation sites (tertiary alicyclic amines) is 1. The van der Waals surface area contributed by atoms with Crippen molar-refractivity contribution in [3.05, 3.63) is 65.9 Å². The first-order valence-corrected chi connectivity index (χ1v) is 11.1. The fourth-order valence-corrected chi connectivity index (χ4v) is 4.53. The molecule has 0 atom stereocenters. The Morgan fingerprint density at radius 3 is 2.52 bits per heavy atom. The summed E-state index contributed by atoms with van der Waals surface area (Å²) in [6, 6.07) is 18.0. The molecule has 1 saturated heterocycles. The zero-order valence-electron chi connectivity index (χ0n) is 18.0. The van der Waals surface area contributed by atoms with E-state index in [2.05, 4.69) is 22.3 Å². The third-order valence-electron chi connectivity index (χ3n) is 6.35. The molecule has 1 amide bonds. The molecule has 6 heteroatoms. The molecule has 1 N–H and O–H groups in total. The number of fused-ring (bicyclic) bond motifs is 1. The maximum Gasteiger partial charge on any atom is 0.312 e. The van der Waals surface area contributed by atoms with Gasteiger partial charge >= 0.3 is 5.97 Å². The van der Waals surface area contributed by atoms with Gasteiger partial charge in [-0.3, -0.25) is 14.7 Å². The molecule has 3 aromatic rings. The molecule has 1 fully saturated rings. The summed E-state index contributed by atoms with van der Waals surface area (Å²) in [7, 11) is 0. The molecular weight excluding hydrogens is 390 g/mol. The normalized spacial score (nSPS) is 15.7. The van der Waals surface area contributed by atoms with Gasteiger partial charge in [0.25, 0.3) is 5.91 Å². The van der Waals surface area contributed by atoms with E-state index in [9.17, 15) is 9.59 Å². The Balaban J connectivity index is 1.43. The number of piperidine rings is 1. The Bertz CT molecular complexity index is 1040. The van der Waals surface area contributed by atoms with E-state index < -0.39 is 5.41 Å². The summed E-state index contributed by atoms with van der Waals surface area (Å²) in [6.07, 6.45) is 3.86. The number of carbonyl (C=O) groups excluding carboxylic acids is 2. The number of amides is 1. The smallest absolute Gasteiger partial charge is 0.312 e. The van der Waals surface area contributed by atoms with Gasteiger partial charge in [-0.2, -0.15) is 5.10 Å². The lowest BCUT2D eigenvalue weighted by Gasteiger charge is -2.40. The zero-order valence-corrected chi connectivity index (χ0v) is 18.0. The van der Waals surface area contributed by atoms with Gasteiger partial charge in [-0.1, -0.05) is 48.5 Å². The van der Waals surface area contributed by atoms with Crippen LogP contribution in [0, 0.1) is 5.41 Å². The highest BCUT2D eigenvalue weighted by Gasteiger charge is 2.43. The highest BCUT2D eigenvalue weighted by molar-refractivity contribution is 6.04. The van der Waals surface area contributed by atoms with E-state index in [0.29, 0.717) is 38.2 Å². The molecule has 1 aliphatic heterocycles. The molecule has 0 radical (unpaired) electrons. The first kappa shape index (κ1) is 21.1. The van der Waals surface area contributed by atoms with Gasteiger partial charge in [-0.15, -0.1) is 0 Å². The van der Waals surface area contributed by atoms with Crippen LogP contribution >= 0.6 is 0 Å². The molecular formula is C25H29N3O3. The van der Waals surface area contributed by atoms with Gasteiger partial charge in [0.2, 0.25) is 0 Å². The lowest BCUT2D eigenvalue weighted by atomic mass is 9.74. The van der Waals surface area contributed by atoms with Crippen LogP contribution in [0.3, 0.4) is 0 Å². The number of aryl methyl sites for hydroxylation is 1. The Labute approximate surface area is 182 Å². The van der Waals surface area contributed by atoms with Gasteiger partial charge in [0.05, 0.1) is 17.5 Å². The van der Waals surface area contributed by atoms with E-state index in [1.54, 1.807) is 0 Å². The lowest BCUT2D eigenvalue weighted by molar-refractivity contribution is -0.159. The van der Waals surface area contributed by atoms with Crippen LogP contribution in [-0.2, 0) is 16.0 Å². The molecule has 1 aromatic heterocycles. The fraction of sp³-hybridized carbons (Fsp3) is 0.400. The first-order valence-electron chi connectivity index (χ1n) is 11.1. The van der Waals surface area contributed by atoms with Crippen molar-refractivity contribution in [2.45, 2.75) is 39.0 Å². The average molecular weight is 420 g/mol. The number of rotatable bonds is 7. The average Bonchev–Trinajstić information content (AvgIpc) is 3.24. The molecule has 2 heterocycles. The van der Waals surface area contributed by atoms with Crippen LogP contribution < -0.4 is 0 Å². The van der Waals surface area contributed by atoms with Crippen molar-refractivity contribution >= 4 is 22.8 Å². The summed E-state index contributed by atoms with van der Waals surface area (Å²) < 4.78 is 5.45. The Morgan fingerprint density at radius 2 is 1.77 bits per heavy atom. The second-order valence-corrected chi connectivity index (χ2v) is 8.25. The molecule has 0 bridgehead atoms. The van der Waals surface area contributed by atoms with Crippen molar-refractivity contribution in [3.8, 4) is 0 Å². The number of aromatic amines is 1. The number of benzene rings is 2. The standard InChI is InChI=1S/C25H29N3O3/c1-2-31-24(30)25(14-8-11-19-9-4-3-5-10-19)15-17-28(18-16-25)23(29)22-20-12-6-7-13-21(20)26-27-22/h3-7,9-10,12-13H,2,8,11,14-18H2,1H3,(H,26,27). The topological polar surface area (TPSA) is 75.3 Å². The van der Waals surface area contributed by atoms with Gasteiger partial charge in [0.15, 0.2) is 5.69 Å². The Hall–Kier alpha value is -3.15. The maximum absolute atomic E-state index is 13.1. The molecule has 6 nitrogen and oxygen atoms in total. The van der Waals surface area contributed by atoms with Crippen molar-refractivity contribution in [3.63, 3.8) is 0 Å². The van der Waals surface area contributed by atoms with Gasteiger partial charge < -0.3 is 9.64 Å². The predicted molar refractivity (Wildman–Crippen MR) is 120 cm³/mol. The second kappa shape index (κ2) is 9.33. The Kier molecular flexibility index (Phi) is 6.35. The monoisotopic (exact) mass is 419 g/mol. The highest BCUT2D eigenvalue weighted by atomic mass is 16.5. The summed E-state index contributed by atoms with van der Waals surface area (Å²) in [5.74, 6) is -0.209. The van der Waals surface area contributed by atoms with E-state index in [-0.39, 0.29) is 11.9 Å². The van der Waals surface area contributed by atoms with Crippen LogP contribution in [0.5, 0.6) is 0 Å². The van der Waals surface area contributed by atoms with Crippen LogP contribution in [0.2, 0.25) is 0 Å². The number of nitrogens with one attached hydrogen (secondary N) is 1. The predicted octanol–water partition coefficient (Wildman–Crippen LogP) is 4.37. The molecule has 0 spiro atoms. The molecule has 4 rings (SSSR count). The molecule has 2 aromatic carbocycles. The van der Waals surface area contributed by atoms with Crippen molar-refractivity contribution in [1.29, 1.82) is 0 Å². The van der Waals surface area contributed by atoms with Crippen LogP contribution in [0.15, 0.2) is 54.6 Å². The number of hydrogen-bond donors (Lipinski definition) is 1. The molecule has 31 heavy (non-hydrogen) atoms. The Morgan fingerprint density at radius 1 is 1.06 bits per heavy atom. The quantitative estimate of drug-likeness (QED) is 0.577. The van der Waals surface area contributed by atoms with E-state index in [0.717, 1.165) is 30.2 Å². The van der Waals surface area contributed by atoms with Crippen molar-refractivity contribution in [1.82, 2.24) is 15.1 Å². The minimum Gasteiger partial charge on any atom is -0.466 e. The largest absolute Gasteiger partial charge is 0.466 e. The van der Waals surface area contributed by atoms with E-state index >= 15 is 0 Å². The number of H-pyrrole nitrogens is 1. The number of carbonyl (C=O) groups is 2. The van der Waals surface area contributed by atoms with E-state index in [1.165, 1.54) is 5.56 Å². The minimum atomic E-state index is -0.519. The summed E-state index contributed by atoms with van der Waals surface area (Å²) in [6.45, 7) is 3.28. The maximum atomic E-state index is 13.1. The highest BCUT2D eigenvalue weighted by Crippen LogP contribution is 2.38. The summed E-state index contributed by atoms with van der Waals surface area (Å²) >= 11 is 0. The first-order chi connectivity index (χ1) is 15.1. The number of aromatic nitrogens is 2. The van der Waals surface area contributed by atoms with E-state index in [4.69, 9.17) is 4.74 Å². The van der Waals surface area contributed by atoms with Gasteiger partial charge in [0, 0.05) is 18.5 Å². The lowest BCUT2D eigenvalue weighted by Crippen LogP contribution is -2.47. The van der Waals surface area contributed by atoms with Gasteiger partial charge in [0.1, 0.15) is 0 Å². The number of nitrogens with zero attached hydrogens (tertiary/aromatic N) is 2. The minimum absolute atomic E-state index is 0.0841. The van der Waals surface area contributed by atoms with Crippen LogP contribution in [0.25, 0.3) is 10.9 Å². The summed E-state index contributed by atoms with van der Waals surface area (Å²) in [4.78, 5) is 27.8. The van der Waals surface area contributed by atoms with Crippen molar-refractivity contribution in [2.24, 2.45) is 5.41 Å². The second-order valence-electron chi connectivity index (χ2n) is 8.25. The number of para-hydroxylation sites is 1. The summed E-state index contributed by atoms with van der Waals surface area (Å²) in [5.41, 5.74) is 2.06. The third kappa shape index (κ3) is 4.48. The number of esters is 1. The van der Waals surface area contributed by atoms with Gasteiger partial charge in [-0.05, 0) is 50.7 Å². The molecule has 162 valence electrons.